The summed E-state index contributed by atoms with van der Waals surface area (Å²) in [5, 5.41) is 1.19. The zero-order valence-corrected chi connectivity index (χ0v) is 7.58. The highest BCUT2D eigenvalue weighted by atomic mass is 32.1. The molecule has 0 atom stereocenters. The first-order chi connectivity index (χ1) is 4.66. The number of hydrogen-bond donors (Lipinski definition) is 0. The number of rotatable bonds is 1. The molecule has 0 aliphatic carbocycles. The molecular weight excluding hydrogens is 146 g/mol. The van der Waals surface area contributed by atoms with Gasteiger partial charge in [-0.25, -0.2) is 0 Å². The van der Waals surface area contributed by atoms with Crippen molar-refractivity contribution in [1.82, 2.24) is 0 Å². The SMILES string of the molecule is CO[n+]1c(C)sc(C)c1C. The van der Waals surface area contributed by atoms with Crippen molar-refractivity contribution in [3.8, 4) is 0 Å². The van der Waals surface area contributed by atoms with Crippen molar-refractivity contribution in [3.05, 3.63) is 15.6 Å². The second-order valence-electron chi connectivity index (χ2n) is 2.24. The maximum absolute atomic E-state index is 5.12. The van der Waals surface area contributed by atoms with Crippen LogP contribution in [-0.4, -0.2) is 7.11 Å². The van der Waals surface area contributed by atoms with Gasteiger partial charge in [0.25, 0.3) is 5.01 Å². The highest BCUT2D eigenvalue weighted by molar-refractivity contribution is 7.11. The molecule has 0 aliphatic heterocycles. The largest absolute Gasteiger partial charge is 0.286 e. The van der Waals surface area contributed by atoms with Crippen LogP contribution in [-0.2, 0) is 0 Å². The zero-order valence-electron chi connectivity index (χ0n) is 6.76. The molecule has 1 aromatic heterocycles. The van der Waals surface area contributed by atoms with Crippen LogP contribution in [0.1, 0.15) is 15.6 Å². The Hall–Kier alpha value is -0.570. The summed E-state index contributed by atoms with van der Waals surface area (Å²) in [4.78, 5) is 6.44. The lowest BCUT2D eigenvalue weighted by Crippen LogP contribution is -2.43. The van der Waals surface area contributed by atoms with E-state index in [-0.39, 0.29) is 0 Å². The van der Waals surface area contributed by atoms with E-state index in [4.69, 9.17) is 4.84 Å². The molecule has 0 saturated heterocycles. The van der Waals surface area contributed by atoms with Gasteiger partial charge in [0.15, 0.2) is 0 Å². The fourth-order valence-electron chi connectivity index (χ4n) is 0.982. The van der Waals surface area contributed by atoms with Crippen molar-refractivity contribution in [2.24, 2.45) is 0 Å². The number of nitrogens with zero attached hydrogens (tertiary/aromatic N) is 1. The third-order valence-corrected chi connectivity index (χ3v) is 2.65. The van der Waals surface area contributed by atoms with Crippen LogP contribution in [0.3, 0.4) is 0 Å². The summed E-state index contributed by atoms with van der Waals surface area (Å²) >= 11 is 1.76. The molecule has 0 aromatic carbocycles. The first-order valence-corrected chi connectivity index (χ1v) is 4.01. The Morgan fingerprint density at radius 2 is 1.90 bits per heavy atom. The van der Waals surface area contributed by atoms with Crippen LogP contribution >= 0.6 is 11.3 Å². The molecule has 2 nitrogen and oxygen atoms in total. The van der Waals surface area contributed by atoms with E-state index in [0.717, 1.165) is 0 Å². The zero-order chi connectivity index (χ0) is 7.72. The second-order valence-corrected chi connectivity index (χ2v) is 3.65. The van der Waals surface area contributed by atoms with Gasteiger partial charge in [0.1, 0.15) is 7.11 Å². The van der Waals surface area contributed by atoms with E-state index in [1.807, 2.05) is 11.7 Å². The Balaban J connectivity index is 3.20. The summed E-state index contributed by atoms with van der Waals surface area (Å²) in [7, 11) is 1.69. The number of aromatic nitrogens is 1. The van der Waals surface area contributed by atoms with Gasteiger partial charge >= 0.3 is 0 Å². The minimum atomic E-state index is 1.19. The van der Waals surface area contributed by atoms with Crippen LogP contribution in [0.5, 0.6) is 0 Å². The molecule has 56 valence electrons. The van der Waals surface area contributed by atoms with E-state index < -0.39 is 0 Å². The van der Waals surface area contributed by atoms with Crippen molar-refractivity contribution in [2.75, 3.05) is 7.11 Å². The van der Waals surface area contributed by atoms with Gasteiger partial charge in [0.05, 0.1) is 4.88 Å². The molecule has 0 saturated carbocycles. The smallest absolute Gasteiger partial charge is 0.273 e. The molecule has 0 spiro atoms. The van der Waals surface area contributed by atoms with E-state index in [0.29, 0.717) is 0 Å². The highest BCUT2D eigenvalue weighted by Crippen LogP contribution is 2.12. The summed E-state index contributed by atoms with van der Waals surface area (Å²) in [6.45, 7) is 6.21. The topological polar surface area (TPSA) is 13.1 Å². The molecule has 1 rings (SSSR count). The second kappa shape index (κ2) is 2.58. The molecule has 0 unspecified atom stereocenters. The fourth-order valence-corrected chi connectivity index (χ4v) is 1.95. The quantitative estimate of drug-likeness (QED) is 0.556. The average molecular weight is 158 g/mol. The Morgan fingerprint density at radius 3 is 2.10 bits per heavy atom. The lowest BCUT2D eigenvalue weighted by atomic mass is 10.4. The minimum Gasteiger partial charge on any atom is -0.273 e. The van der Waals surface area contributed by atoms with Crippen LogP contribution in [0.4, 0.5) is 0 Å². The van der Waals surface area contributed by atoms with Crippen molar-refractivity contribution >= 4 is 11.3 Å². The van der Waals surface area contributed by atoms with Gasteiger partial charge in [-0.3, -0.25) is 4.84 Å². The first-order valence-electron chi connectivity index (χ1n) is 3.20. The highest BCUT2D eigenvalue weighted by Gasteiger charge is 2.17. The van der Waals surface area contributed by atoms with Gasteiger partial charge in [-0.1, -0.05) is 11.3 Å². The third-order valence-electron chi connectivity index (χ3n) is 1.58. The molecule has 0 bridgehead atoms. The van der Waals surface area contributed by atoms with Crippen molar-refractivity contribution in [2.45, 2.75) is 20.8 Å². The predicted octanol–water partition coefficient (Wildman–Crippen LogP) is 1.02. The van der Waals surface area contributed by atoms with Crippen LogP contribution in [0.25, 0.3) is 0 Å². The monoisotopic (exact) mass is 158 g/mol. The van der Waals surface area contributed by atoms with Gasteiger partial charge in [0, 0.05) is 18.6 Å². The molecule has 1 aromatic rings. The lowest BCUT2D eigenvalue weighted by Gasteiger charge is -1.88. The number of aryl methyl sites for hydroxylation is 2. The Morgan fingerprint density at radius 1 is 1.30 bits per heavy atom. The maximum Gasteiger partial charge on any atom is 0.286 e. The molecule has 10 heavy (non-hydrogen) atoms. The van der Waals surface area contributed by atoms with E-state index in [1.165, 1.54) is 15.6 Å². The molecule has 0 N–H and O–H groups in total. The van der Waals surface area contributed by atoms with Gasteiger partial charge in [-0.15, -0.1) is 0 Å². The summed E-state index contributed by atoms with van der Waals surface area (Å²) in [6.07, 6.45) is 0. The van der Waals surface area contributed by atoms with E-state index in [9.17, 15) is 0 Å². The van der Waals surface area contributed by atoms with Crippen molar-refractivity contribution in [1.29, 1.82) is 0 Å². The van der Waals surface area contributed by atoms with Crippen LogP contribution in [0, 0.1) is 20.8 Å². The van der Waals surface area contributed by atoms with Gasteiger partial charge in [-0.2, -0.15) is 0 Å². The van der Waals surface area contributed by atoms with Crippen LogP contribution in [0.15, 0.2) is 0 Å². The minimum absolute atomic E-state index is 1.19. The first kappa shape index (κ1) is 7.54. The van der Waals surface area contributed by atoms with Crippen LogP contribution in [0.2, 0.25) is 0 Å². The van der Waals surface area contributed by atoms with E-state index in [2.05, 4.69) is 13.8 Å². The summed E-state index contributed by atoms with van der Waals surface area (Å²) in [6, 6.07) is 0. The van der Waals surface area contributed by atoms with Gasteiger partial charge in [-0.05, 0) is 6.92 Å². The maximum atomic E-state index is 5.12. The summed E-state index contributed by atoms with van der Waals surface area (Å²) in [5.74, 6) is 0. The molecule has 0 aliphatic rings. The number of hydrogen-bond acceptors (Lipinski definition) is 2. The Labute approximate surface area is 65.0 Å². The molecule has 0 fully saturated rings. The summed E-state index contributed by atoms with van der Waals surface area (Å²) in [5.41, 5.74) is 1.20. The van der Waals surface area contributed by atoms with E-state index >= 15 is 0 Å². The van der Waals surface area contributed by atoms with Crippen molar-refractivity contribution in [3.63, 3.8) is 0 Å². The molecule has 0 radical (unpaired) electrons. The molecule has 3 heteroatoms. The molecule has 1 heterocycles. The fraction of sp³-hybridized carbons (Fsp3) is 0.571. The molecule has 0 amide bonds. The van der Waals surface area contributed by atoms with Crippen molar-refractivity contribution < 1.29 is 9.57 Å². The third kappa shape index (κ3) is 1.01. The summed E-state index contributed by atoms with van der Waals surface area (Å²) < 4.78 is 1.85. The lowest BCUT2D eigenvalue weighted by molar-refractivity contribution is -0.890. The Kier molecular flexibility index (Phi) is 1.94. The Bertz CT molecular complexity index is 242. The standard InChI is InChI=1S/C7H12NOS/c1-5-6(2)10-7(3)8(5)9-4/h1-4H3/q+1. The number of thiazole rings is 1. The van der Waals surface area contributed by atoms with E-state index in [1.54, 1.807) is 18.4 Å². The van der Waals surface area contributed by atoms with Gasteiger partial charge < -0.3 is 0 Å². The molecular formula is C7H12NOS+. The van der Waals surface area contributed by atoms with Crippen LogP contribution < -0.4 is 9.57 Å². The normalized spacial score (nSPS) is 10.0. The van der Waals surface area contributed by atoms with Gasteiger partial charge in [0.2, 0.25) is 5.69 Å². The predicted molar refractivity (Wildman–Crippen MR) is 41.2 cm³/mol. The average Bonchev–Trinajstić information content (AvgIpc) is 2.09.